The molecule has 0 aliphatic rings. The van der Waals surface area contributed by atoms with Crippen molar-refractivity contribution in [2.24, 2.45) is 0 Å². The Hall–Kier alpha value is -2.27. The molecule has 0 fully saturated rings. The number of pyridine rings is 1. The van der Waals surface area contributed by atoms with E-state index < -0.39 is 12.1 Å². The van der Waals surface area contributed by atoms with E-state index >= 15 is 0 Å². The minimum Gasteiger partial charge on any atom is -0.404 e. The highest BCUT2D eigenvalue weighted by Gasteiger charge is 2.32. The molecule has 0 bridgehead atoms. The number of alkyl halides is 3. The van der Waals surface area contributed by atoms with Crippen LogP contribution in [0.15, 0.2) is 41.0 Å². The van der Waals surface area contributed by atoms with E-state index in [0.29, 0.717) is 4.47 Å². The third-order valence-electron chi connectivity index (χ3n) is 2.35. The standard InChI is InChI=1S/C13H7BrF3N3O/c14-8-3-4-10(12(6-8)21-13(15,16)17)20-9-2-1-5-19-11(9)7-18/h1-6,20H. The number of anilines is 2. The number of halogens is 4. The number of hydrogen-bond donors (Lipinski definition) is 1. The Morgan fingerprint density at radius 1 is 1.24 bits per heavy atom. The number of rotatable bonds is 3. The van der Waals surface area contributed by atoms with Crippen molar-refractivity contribution in [2.75, 3.05) is 5.32 Å². The Labute approximate surface area is 126 Å². The predicted octanol–water partition coefficient (Wildman–Crippen LogP) is 4.36. The summed E-state index contributed by atoms with van der Waals surface area (Å²) >= 11 is 3.08. The molecule has 2 rings (SSSR count). The number of ether oxygens (including phenoxy) is 1. The first-order valence-electron chi connectivity index (χ1n) is 5.56. The third-order valence-corrected chi connectivity index (χ3v) is 2.85. The van der Waals surface area contributed by atoms with Crippen molar-refractivity contribution in [3.05, 3.63) is 46.7 Å². The lowest BCUT2D eigenvalue weighted by atomic mass is 10.2. The van der Waals surface area contributed by atoms with E-state index in [1.807, 2.05) is 6.07 Å². The summed E-state index contributed by atoms with van der Waals surface area (Å²) < 4.78 is 41.6. The van der Waals surface area contributed by atoms with E-state index in [9.17, 15) is 13.2 Å². The van der Waals surface area contributed by atoms with Crippen molar-refractivity contribution >= 4 is 27.3 Å². The lowest BCUT2D eigenvalue weighted by Gasteiger charge is -2.15. The molecule has 0 spiro atoms. The maximum Gasteiger partial charge on any atom is 0.573 e. The summed E-state index contributed by atoms with van der Waals surface area (Å²) in [5.74, 6) is -0.412. The lowest BCUT2D eigenvalue weighted by molar-refractivity contribution is -0.274. The van der Waals surface area contributed by atoms with Crippen molar-refractivity contribution in [3.63, 3.8) is 0 Å². The van der Waals surface area contributed by atoms with Crippen LogP contribution in [-0.4, -0.2) is 11.3 Å². The summed E-state index contributed by atoms with van der Waals surface area (Å²) in [4.78, 5) is 3.82. The summed E-state index contributed by atoms with van der Waals surface area (Å²) in [6.45, 7) is 0. The number of hydrogen-bond acceptors (Lipinski definition) is 4. The van der Waals surface area contributed by atoms with Gasteiger partial charge < -0.3 is 10.1 Å². The molecule has 0 aliphatic carbocycles. The van der Waals surface area contributed by atoms with E-state index in [1.165, 1.54) is 24.4 Å². The van der Waals surface area contributed by atoms with Gasteiger partial charge in [-0.25, -0.2) is 4.98 Å². The summed E-state index contributed by atoms with van der Waals surface area (Å²) in [7, 11) is 0. The summed E-state index contributed by atoms with van der Waals surface area (Å²) in [5.41, 5.74) is 0.424. The first-order chi connectivity index (χ1) is 9.89. The van der Waals surface area contributed by atoms with E-state index in [1.54, 1.807) is 12.1 Å². The molecule has 1 aromatic heterocycles. The molecule has 1 heterocycles. The minimum absolute atomic E-state index is 0.0679. The molecular weight excluding hydrogens is 351 g/mol. The molecule has 8 heteroatoms. The third kappa shape index (κ3) is 4.10. The van der Waals surface area contributed by atoms with Crippen LogP contribution in [0.25, 0.3) is 0 Å². The fraction of sp³-hybridized carbons (Fsp3) is 0.0769. The van der Waals surface area contributed by atoms with Crippen molar-refractivity contribution in [1.29, 1.82) is 5.26 Å². The van der Waals surface area contributed by atoms with Crippen LogP contribution < -0.4 is 10.1 Å². The Kier molecular flexibility index (Phi) is 4.33. The number of aromatic nitrogens is 1. The lowest BCUT2D eigenvalue weighted by Crippen LogP contribution is -2.18. The zero-order chi connectivity index (χ0) is 15.5. The van der Waals surface area contributed by atoms with Gasteiger partial charge in [-0.3, -0.25) is 0 Å². The van der Waals surface area contributed by atoms with Crippen molar-refractivity contribution in [3.8, 4) is 11.8 Å². The van der Waals surface area contributed by atoms with Crippen LogP contribution in [0.3, 0.4) is 0 Å². The maximum absolute atomic E-state index is 12.4. The highest BCUT2D eigenvalue weighted by molar-refractivity contribution is 9.10. The van der Waals surface area contributed by atoms with Crippen molar-refractivity contribution in [1.82, 2.24) is 4.98 Å². The van der Waals surface area contributed by atoms with Crippen LogP contribution in [0.2, 0.25) is 0 Å². The van der Waals surface area contributed by atoms with Crippen LogP contribution in [-0.2, 0) is 0 Å². The molecule has 0 atom stereocenters. The van der Waals surface area contributed by atoms with Crippen LogP contribution in [0.1, 0.15) is 5.69 Å². The summed E-state index contributed by atoms with van der Waals surface area (Å²) in [6, 6.07) is 9.07. The molecule has 0 unspecified atom stereocenters. The second-order valence-corrected chi connectivity index (χ2v) is 4.74. The first-order valence-corrected chi connectivity index (χ1v) is 6.36. The van der Waals surface area contributed by atoms with Gasteiger partial charge in [0.1, 0.15) is 6.07 Å². The van der Waals surface area contributed by atoms with Gasteiger partial charge in [0.15, 0.2) is 11.4 Å². The average molecular weight is 358 g/mol. The average Bonchev–Trinajstić information content (AvgIpc) is 2.40. The number of nitriles is 1. The summed E-state index contributed by atoms with van der Waals surface area (Å²) in [6.07, 6.45) is -3.40. The topological polar surface area (TPSA) is 57.9 Å². The molecule has 0 saturated carbocycles. The molecule has 1 aromatic carbocycles. The molecular formula is C13H7BrF3N3O. The fourth-order valence-corrected chi connectivity index (χ4v) is 1.89. The Morgan fingerprint density at radius 2 is 2.00 bits per heavy atom. The van der Waals surface area contributed by atoms with Crippen LogP contribution in [0.4, 0.5) is 24.5 Å². The molecule has 0 aliphatic heterocycles. The number of nitrogens with zero attached hydrogens (tertiary/aromatic N) is 2. The normalized spacial score (nSPS) is 10.8. The monoisotopic (exact) mass is 357 g/mol. The van der Waals surface area contributed by atoms with Crippen LogP contribution in [0, 0.1) is 11.3 Å². The van der Waals surface area contributed by atoms with Crippen molar-refractivity contribution in [2.45, 2.75) is 6.36 Å². The van der Waals surface area contributed by atoms with Crippen molar-refractivity contribution < 1.29 is 17.9 Å². The van der Waals surface area contributed by atoms with Gasteiger partial charge in [-0.05, 0) is 30.3 Å². The molecule has 0 radical (unpaired) electrons. The second kappa shape index (κ2) is 6.01. The molecule has 21 heavy (non-hydrogen) atoms. The van der Waals surface area contributed by atoms with E-state index in [-0.39, 0.29) is 17.1 Å². The maximum atomic E-state index is 12.4. The predicted molar refractivity (Wildman–Crippen MR) is 73.1 cm³/mol. The van der Waals surface area contributed by atoms with Gasteiger partial charge in [0.05, 0.1) is 11.4 Å². The highest BCUT2D eigenvalue weighted by atomic mass is 79.9. The van der Waals surface area contributed by atoms with E-state index in [0.717, 1.165) is 0 Å². The van der Waals surface area contributed by atoms with Gasteiger partial charge in [-0.15, -0.1) is 13.2 Å². The smallest absolute Gasteiger partial charge is 0.404 e. The first kappa shape index (κ1) is 15.1. The second-order valence-electron chi connectivity index (χ2n) is 3.82. The van der Waals surface area contributed by atoms with Crippen LogP contribution in [0.5, 0.6) is 5.75 Å². The minimum atomic E-state index is -4.82. The quantitative estimate of drug-likeness (QED) is 0.886. The molecule has 108 valence electrons. The molecule has 1 N–H and O–H groups in total. The Balaban J connectivity index is 2.38. The van der Waals surface area contributed by atoms with Gasteiger partial charge in [-0.1, -0.05) is 15.9 Å². The Morgan fingerprint density at radius 3 is 2.67 bits per heavy atom. The van der Waals surface area contributed by atoms with Gasteiger partial charge in [0.2, 0.25) is 0 Å². The number of benzene rings is 1. The molecule has 2 aromatic rings. The molecule has 4 nitrogen and oxygen atoms in total. The van der Waals surface area contributed by atoms with E-state index in [2.05, 4.69) is 31.0 Å². The van der Waals surface area contributed by atoms with Gasteiger partial charge in [-0.2, -0.15) is 5.26 Å². The Bertz CT molecular complexity index is 698. The number of nitrogens with one attached hydrogen (secondary N) is 1. The fourth-order valence-electron chi connectivity index (χ4n) is 1.55. The zero-order valence-corrected chi connectivity index (χ0v) is 11.9. The zero-order valence-electron chi connectivity index (χ0n) is 10.3. The molecule has 0 amide bonds. The SMILES string of the molecule is N#Cc1ncccc1Nc1ccc(Br)cc1OC(F)(F)F. The summed E-state index contributed by atoms with van der Waals surface area (Å²) in [5, 5.41) is 11.6. The van der Waals surface area contributed by atoms with E-state index in [4.69, 9.17) is 5.26 Å². The van der Waals surface area contributed by atoms with Gasteiger partial charge in [0.25, 0.3) is 0 Å². The largest absolute Gasteiger partial charge is 0.573 e. The molecule has 0 saturated heterocycles. The van der Waals surface area contributed by atoms with Gasteiger partial charge >= 0.3 is 6.36 Å². The highest BCUT2D eigenvalue weighted by Crippen LogP contribution is 2.35. The van der Waals surface area contributed by atoms with Crippen LogP contribution >= 0.6 is 15.9 Å². The van der Waals surface area contributed by atoms with Gasteiger partial charge in [0, 0.05) is 10.7 Å².